The molecular formula is C18H29N3OS. The van der Waals surface area contributed by atoms with Crippen molar-refractivity contribution in [2.45, 2.75) is 33.2 Å². The maximum absolute atomic E-state index is 12.6. The van der Waals surface area contributed by atoms with E-state index in [0.29, 0.717) is 6.54 Å². The summed E-state index contributed by atoms with van der Waals surface area (Å²) in [4.78, 5) is 15.1. The van der Waals surface area contributed by atoms with Gasteiger partial charge in [0.2, 0.25) is 5.91 Å². The number of carbonyl (C=O) groups is 1. The highest BCUT2D eigenvalue weighted by Gasteiger charge is 2.33. The molecule has 1 heterocycles. The van der Waals surface area contributed by atoms with Crippen molar-refractivity contribution in [1.82, 2.24) is 4.90 Å². The molecule has 2 rings (SSSR count). The molecule has 5 heteroatoms. The first-order valence-corrected chi connectivity index (χ1v) is 9.69. The van der Waals surface area contributed by atoms with E-state index < -0.39 is 5.41 Å². The number of rotatable bonds is 7. The molecule has 1 amide bonds. The van der Waals surface area contributed by atoms with E-state index in [1.165, 1.54) is 17.1 Å². The molecule has 23 heavy (non-hydrogen) atoms. The van der Waals surface area contributed by atoms with Crippen LogP contribution in [-0.2, 0) is 11.3 Å². The quantitative estimate of drug-likeness (QED) is 0.804. The Morgan fingerprint density at radius 2 is 2.00 bits per heavy atom. The van der Waals surface area contributed by atoms with E-state index >= 15 is 0 Å². The highest BCUT2D eigenvalue weighted by atomic mass is 32.2. The summed E-state index contributed by atoms with van der Waals surface area (Å²) in [7, 11) is 0. The van der Waals surface area contributed by atoms with Crippen molar-refractivity contribution in [3.63, 3.8) is 0 Å². The van der Waals surface area contributed by atoms with Crippen molar-refractivity contribution in [1.29, 1.82) is 0 Å². The Morgan fingerprint density at radius 3 is 2.61 bits per heavy atom. The third-order valence-corrected chi connectivity index (χ3v) is 5.86. The number of carbonyl (C=O) groups excluding carboxylic acids is 1. The van der Waals surface area contributed by atoms with E-state index in [2.05, 4.69) is 22.3 Å². The van der Waals surface area contributed by atoms with E-state index in [9.17, 15) is 4.79 Å². The van der Waals surface area contributed by atoms with Gasteiger partial charge in [-0.1, -0.05) is 26.0 Å². The Labute approximate surface area is 144 Å². The SMILES string of the molecule is CCC(CC)(CN)C(=O)Nc1cccc(CN2CCSCC2)c1. The first kappa shape index (κ1) is 18.3. The van der Waals surface area contributed by atoms with E-state index in [1.54, 1.807) is 0 Å². The number of hydrogen-bond donors (Lipinski definition) is 2. The average Bonchev–Trinajstić information content (AvgIpc) is 2.58. The lowest BCUT2D eigenvalue weighted by molar-refractivity contribution is -0.125. The Hall–Kier alpha value is -1.04. The highest BCUT2D eigenvalue weighted by molar-refractivity contribution is 7.99. The molecule has 0 bridgehead atoms. The number of anilines is 1. The molecule has 0 spiro atoms. The number of nitrogens with one attached hydrogen (secondary N) is 1. The normalized spacial score (nSPS) is 16.3. The van der Waals surface area contributed by atoms with Gasteiger partial charge in [0, 0.05) is 43.4 Å². The lowest BCUT2D eigenvalue weighted by Gasteiger charge is -2.29. The molecule has 1 aromatic rings. The molecule has 4 nitrogen and oxygen atoms in total. The highest BCUT2D eigenvalue weighted by Crippen LogP contribution is 2.27. The second-order valence-corrected chi connectivity index (χ2v) is 7.46. The molecule has 3 N–H and O–H groups in total. The van der Waals surface area contributed by atoms with Crippen molar-refractivity contribution in [2.24, 2.45) is 11.1 Å². The third-order valence-electron chi connectivity index (χ3n) is 4.92. The molecule has 128 valence electrons. The van der Waals surface area contributed by atoms with Gasteiger partial charge in [-0.3, -0.25) is 9.69 Å². The molecule has 0 radical (unpaired) electrons. The Kier molecular flexibility index (Phi) is 6.93. The summed E-state index contributed by atoms with van der Waals surface area (Å²) >= 11 is 2.02. The zero-order valence-corrected chi connectivity index (χ0v) is 15.1. The van der Waals surface area contributed by atoms with E-state index in [0.717, 1.165) is 38.2 Å². The molecular weight excluding hydrogens is 306 g/mol. The summed E-state index contributed by atoms with van der Waals surface area (Å²) < 4.78 is 0. The van der Waals surface area contributed by atoms with Crippen molar-refractivity contribution >= 4 is 23.4 Å². The lowest BCUT2D eigenvalue weighted by atomic mass is 9.81. The first-order chi connectivity index (χ1) is 11.1. The average molecular weight is 336 g/mol. The van der Waals surface area contributed by atoms with Crippen molar-refractivity contribution in [3.8, 4) is 0 Å². The summed E-state index contributed by atoms with van der Waals surface area (Å²) in [6.45, 7) is 7.68. The number of hydrogen-bond acceptors (Lipinski definition) is 4. The maximum atomic E-state index is 12.6. The van der Waals surface area contributed by atoms with Crippen molar-refractivity contribution in [2.75, 3.05) is 36.5 Å². The summed E-state index contributed by atoms with van der Waals surface area (Å²) in [6.07, 6.45) is 1.52. The van der Waals surface area contributed by atoms with Crippen LogP contribution in [0.1, 0.15) is 32.3 Å². The fourth-order valence-electron chi connectivity index (χ4n) is 2.98. The molecule has 0 aliphatic carbocycles. The molecule has 1 aliphatic rings. The van der Waals surface area contributed by atoms with Gasteiger partial charge in [0.05, 0.1) is 5.41 Å². The minimum Gasteiger partial charge on any atom is -0.329 e. The minimum atomic E-state index is -0.458. The summed E-state index contributed by atoms with van der Waals surface area (Å²) in [5, 5.41) is 3.07. The van der Waals surface area contributed by atoms with Crippen LogP contribution in [0.15, 0.2) is 24.3 Å². The van der Waals surface area contributed by atoms with Crippen LogP contribution in [0.4, 0.5) is 5.69 Å². The second-order valence-electron chi connectivity index (χ2n) is 6.23. The van der Waals surface area contributed by atoms with E-state index in [-0.39, 0.29) is 5.91 Å². The van der Waals surface area contributed by atoms with Gasteiger partial charge in [0.25, 0.3) is 0 Å². The van der Waals surface area contributed by atoms with E-state index in [4.69, 9.17) is 5.73 Å². The largest absolute Gasteiger partial charge is 0.329 e. The van der Waals surface area contributed by atoms with Crippen LogP contribution < -0.4 is 11.1 Å². The Morgan fingerprint density at radius 1 is 1.30 bits per heavy atom. The van der Waals surface area contributed by atoms with Gasteiger partial charge < -0.3 is 11.1 Å². The monoisotopic (exact) mass is 335 g/mol. The second kappa shape index (κ2) is 8.71. The predicted octanol–water partition coefficient (Wildman–Crippen LogP) is 2.94. The van der Waals surface area contributed by atoms with Gasteiger partial charge in [-0.25, -0.2) is 0 Å². The van der Waals surface area contributed by atoms with Gasteiger partial charge >= 0.3 is 0 Å². The minimum absolute atomic E-state index is 0.0384. The standard InChI is InChI=1S/C18H29N3OS/c1-3-18(4-2,14-19)17(22)20-16-7-5-6-15(12-16)13-21-8-10-23-11-9-21/h5-7,12H,3-4,8-11,13-14,19H2,1-2H3,(H,20,22). The number of nitrogens with zero attached hydrogens (tertiary/aromatic N) is 1. The number of benzene rings is 1. The van der Waals surface area contributed by atoms with Crippen LogP contribution in [0.25, 0.3) is 0 Å². The topological polar surface area (TPSA) is 58.4 Å². The first-order valence-electron chi connectivity index (χ1n) is 8.54. The molecule has 0 unspecified atom stereocenters. The van der Waals surface area contributed by atoms with Gasteiger partial charge in [-0.2, -0.15) is 11.8 Å². The molecule has 0 saturated carbocycles. The van der Waals surface area contributed by atoms with Gasteiger partial charge in [-0.15, -0.1) is 0 Å². The van der Waals surface area contributed by atoms with Crippen LogP contribution >= 0.6 is 11.8 Å². The van der Waals surface area contributed by atoms with Crippen LogP contribution in [0, 0.1) is 5.41 Å². The molecule has 1 saturated heterocycles. The van der Waals surface area contributed by atoms with Crippen LogP contribution in [0.2, 0.25) is 0 Å². The Bertz CT molecular complexity index is 502. The smallest absolute Gasteiger partial charge is 0.231 e. The van der Waals surface area contributed by atoms with Crippen LogP contribution in [0.5, 0.6) is 0 Å². The zero-order valence-electron chi connectivity index (χ0n) is 14.3. The van der Waals surface area contributed by atoms with Gasteiger partial charge in [0.15, 0.2) is 0 Å². The fraction of sp³-hybridized carbons (Fsp3) is 0.611. The Balaban J connectivity index is 2.03. The molecule has 1 aliphatic heterocycles. The third kappa shape index (κ3) is 4.72. The van der Waals surface area contributed by atoms with Crippen LogP contribution in [0.3, 0.4) is 0 Å². The maximum Gasteiger partial charge on any atom is 0.231 e. The van der Waals surface area contributed by atoms with Crippen LogP contribution in [-0.4, -0.2) is 41.9 Å². The molecule has 1 fully saturated rings. The van der Waals surface area contributed by atoms with E-state index in [1.807, 2.05) is 37.7 Å². The molecule has 0 aromatic heterocycles. The van der Waals surface area contributed by atoms with Crippen molar-refractivity contribution in [3.05, 3.63) is 29.8 Å². The number of amides is 1. The molecule has 0 atom stereocenters. The fourth-order valence-corrected chi connectivity index (χ4v) is 3.96. The zero-order chi connectivity index (χ0) is 16.7. The number of nitrogens with two attached hydrogens (primary N) is 1. The summed E-state index contributed by atoms with van der Waals surface area (Å²) in [6, 6.07) is 8.20. The lowest BCUT2D eigenvalue weighted by Crippen LogP contribution is -2.41. The van der Waals surface area contributed by atoms with Crippen molar-refractivity contribution < 1.29 is 4.79 Å². The summed E-state index contributed by atoms with van der Waals surface area (Å²) in [5.74, 6) is 2.46. The summed E-state index contributed by atoms with van der Waals surface area (Å²) in [5.41, 5.74) is 7.53. The number of thioether (sulfide) groups is 1. The molecule has 1 aromatic carbocycles. The van der Waals surface area contributed by atoms with Gasteiger partial charge in [-0.05, 0) is 30.5 Å². The van der Waals surface area contributed by atoms with Gasteiger partial charge in [0.1, 0.15) is 0 Å². The predicted molar refractivity (Wildman–Crippen MR) is 99.7 cm³/mol.